The first-order valence-electron chi connectivity index (χ1n) is 16.5. The number of nitrogens with one attached hydrogen (secondary N) is 2. The molecule has 0 saturated carbocycles. The van der Waals surface area contributed by atoms with Crippen LogP contribution in [0, 0.1) is 0 Å². The summed E-state index contributed by atoms with van der Waals surface area (Å²) < 4.78 is 108. The van der Waals surface area contributed by atoms with Crippen molar-refractivity contribution in [1.82, 2.24) is 15.0 Å². The van der Waals surface area contributed by atoms with Crippen LogP contribution in [0.1, 0.15) is 10.4 Å². The molecule has 60 heavy (non-hydrogen) atoms. The molecule has 0 amide bonds. The molecule has 314 valence electrons. The first-order chi connectivity index (χ1) is 28.5. The van der Waals surface area contributed by atoms with E-state index in [1.807, 2.05) is 0 Å². The predicted molar refractivity (Wildman–Crippen MR) is 211 cm³/mol. The molecule has 1 aromatic heterocycles. The first kappa shape index (κ1) is 43.5. The molecule has 4 aromatic carbocycles. The fourth-order valence-corrected chi connectivity index (χ4v) is 6.89. The van der Waals surface area contributed by atoms with Crippen molar-refractivity contribution in [3.05, 3.63) is 90.5 Å². The summed E-state index contributed by atoms with van der Waals surface area (Å²) in [5.74, 6) is -1.48. The van der Waals surface area contributed by atoms with E-state index >= 15 is 0 Å². The summed E-state index contributed by atoms with van der Waals surface area (Å²) in [5, 5.41) is 32.7. The van der Waals surface area contributed by atoms with Crippen LogP contribution in [0.15, 0.2) is 115 Å². The van der Waals surface area contributed by atoms with Crippen molar-refractivity contribution in [2.45, 2.75) is 15.2 Å². The Kier molecular flexibility index (Phi) is 13.4. The van der Waals surface area contributed by atoms with E-state index in [2.05, 4.69) is 55.4 Å². The number of anilines is 5. The van der Waals surface area contributed by atoms with Gasteiger partial charge in [0.2, 0.25) is 17.8 Å². The summed E-state index contributed by atoms with van der Waals surface area (Å²) in [4.78, 5) is 26.3. The minimum absolute atomic E-state index is 0.0226. The van der Waals surface area contributed by atoms with Crippen molar-refractivity contribution >= 4 is 101 Å². The molecule has 0 radical (unpaired) electrons. The minimum atomic E-state index is -4.54. The highest BCUT2D eigenvalue weighted by molar-refractivity contribution is 7.94. The molecule has 1 atom stereocenters. The number of hydrogen-bond donors (Lipinski definition) is 6. The van der Waals surface area contributed by atoms with Crippen LogP contribution in [0.3, 0.4) is 0 Å². The van der Waals surface area contributed by atoms with Crippen LogP contribution in [-0.4, -0.2) is 89.7 Å². The van der Waals surface area contributed by atoms with Crippen molar-refractivity contribution in [2.24, 2.45) is 20.5 Å². The molecule has 0 bridgehead atoms. The third kappa shape index (κ3) is 12.2. The molecule has 24 nitrogen and oxygen atoms in total. The van der Waals surface area contributed by atoms with Gasteiger partial charge in [0.15, 0.2) is 11.7 Å². The van der Waals surface area contributed by atoms with E-state index in [4.69, 9.17) is 9.99 Å². The molecule has 2 heterocycles. The molecule has 1 fully saturated rings. The Morgan fingerprint density at radius 3 is 1.97 bits per heavy atom. The standard InChI is InChI=1S/C32H28N10O14S4/c43-18-19-13-22(40-39-21-4-2-6-25(15-21)59(48,49)50)7-9-26(19)33-30-35-31(37-32(36-30)42-17-29(42)60(51,52)53)34-27-10-8-23(16-28(27)54-11-12-58(45,46)47)41-38-20-3-1-5-24(14-20)57-56-55-44/h1-10,13-16,18,29,44H,11-12,17H2,(H,45,46,47)(H,48,49,50)(H,51,52,53)(H2,33,34,35,36,37). The highest BCUT2D eigenvalue weighted by Crippen LogP contribution is 2.35. The fraction of sp³-hybridized carbons (Fsp3) is 0.125. The second-order valence-electron chi connectivity index (χ2n) is 12.0. The minimum Gasteiger partial charge on any atom is -0.490 e. The number of aromatic nitrogens is 3. The number of benzene rings is 4. The van der Waals surface area contributed by atoms with Gasteiger partial charge < -0.3 is 20.3 Å². The monoisotopic (exact) mass is 904 g/mol. The van der Waals surface area contributed by atoms with Crippen LogP contribution in [0.2, 0.25) is 0 Å². The van der Waals surface area contributed by atoms with Gasteiger partial charge in [-0.1, -0.05) is 17.2 Å². The molecule has 1 aliphatic rings. The van der Waals surface area contributed by atoms with Crippen LogP contribution in [-0.2, 0) is 39.7 Å². The van der Waals surface area contributed by atoms with Gasteiger partial charge in [0.05, 0.1) is 57.6 Å². The molecule has 1 saturated heterocycles. The van der Waals surface area contributed by atoms with Gasteiger partial charge in [-0.05, 0) is 66.7 Å². The molecular formula is C32H28N10O14S4. The maximum Gasteiger partial charge on any atom is 0.294 e. The quantitative estimate of drug-likeness (QED) is 0.0106. The average Bonchev–Trinajstić information content (AvgIpc) is 4.02. The summed E-state index contributed by atoms with van der Waals surface area (Å²) in [6.45, 7) is -0.692. The number of rotatable bonds is 19. The number of carbonyl (C=O) groups is 1. The molecule has 1 unspecified atom stereocenters. The highest BCUT2D eigenvalue weighted by Gasteiger charge is 2.46. The zero-order valence-corrected chi connectivity index (χ0v) is 33.2. The molecular weight excluding hydrogens is 877 g/mol. The van der Waals surface area contributed by atoms with Crippen LogP contribution in [0.25, 0.3) is 0 Å². The van der Waals surface area contributed by atoms with Gasteiger partial charge in [-0.25, -0.2) is 5.26 Å². The topological polar surface area (TPSA) is 343 Å². The van der Waals surface area contributed by atoms with Crippen molar-refractivity contribution in [1.29, 1.82) is 0 Å². The fourth-order valence-electron chi connectivity index (χ4n) is 4.90. The lowest BCUT2D eigenvalue weighted by atomic mass is 10.2. The zero-order valence-electron chi connectivity index (χ0n) is 29.9. The van der Waals surface area contributed by atoms with Gasteiger partial charge >= 0.3 is 0 Å². The second kappa shape index (κ2) is 18.5. The Labute approximate surface area is 343 Å². The Morgan fingerprint density at radius 2 is 1.37 bits per heavy atom. The third-order valence-electron chi connectivity index (χ3n) is 7.67. The molecule has 6 rings (SSSR count). The number of azo groups is 2. The van der Waals surface area contributed by atoms with Crippen molar-refractivity contribution in [2.75, 3.05) is 34.4 Å². The van der Waals surface area contributed by atoms with Gasteiger partial charge in [0, 0.05) is 16.5 Å². The van der Waals surface area contributed by atoms with E-state index in [9.17, 15) is 43.7 Å². The third-order valence-corrected chi connectivity index (χ3v) is 10.9. The molecule has 1 aliphatic heterocycles. The maximum absolute atomic E-state index is 12.2. The summed E-state index contributed by atoms with van der Waals surface area (Å²) in [5.41, 5.74) is 1.12. The number of nitrogens with zero attached hydrogens (tertiary/aromatic N) is 8. The van der Waals surface area contributed by atoms with E-state index in [1.165, 1.54) is 54.6 Å². The van der Waals surface area contributed by atoms with Gasteiger partial charge in [0.25, 0.3) is 30.4 Å². The smallest absolute Gasteiger partial charge is 0.294 e. The molecule has 0 aliphatic carbocycles. The first-order valence-corrected chi connectivity index (χ1v) is 21.8. The second-order valence-corrected chi connectivity index (χ2v) is 17.3. The lowest BCUT2D eigenvalue weighted by Gasteiger charge is -2.15. The van der Waals surface area contributed by atoms with Gasteiger partial charge in [-0.3, -0.25) is 18.5 Å². The molecule has 6 N–H and O–H groups in total. The lowest BCUT2D eigenvalue weighted by molar-refractivity contribution is -0.432. The van der Waals surface area contributed by atoms with Gasteiger partial charge in [-0.15, -0.1) is 4.33 Å². The predicted octanol–water partition coefficient (Wildman–Crippen LogP) is 5.98. The summed E-state index contributed by atoms with van der Waals surface area (Å²) in [6, 6.07) is 20.0. The summed E-state index contributed by atoms with van der Waals surface area (Å²) in [6.07, 6.45) is 0.478. The number of aldehydes is 1. The normalized spacial score (nSPS) is 14.4. The largest absolute Gasteiger partial charge is 0.490 e. The summed E-state index contributed by atoms with van der Waals surface area (Å²) in [7, 11) is -13.5. The number of carbonyl (C=O) groups excluding carboxylic acids is 1. The van der Waals surface area contributed by atoms with E-state index in [0.717, 1.165) is 11.0 Å². The van der Waals surface area contributed by atoms with Crippen LogP contribution in [0.4, 0.5) is 52.0 Å². The molecule has 0 spiro atoms. The molecule has 28 heteroatoms. The van der Waals surface area contributed by atoms with Crippen molar-refractivity contribution in [3.63, 3.8) is 0 Å². The Balaban J connectivity index is 1.30. The van der Waals surface area contributed by atoms with Crippen LogP contribution >= 0.6 is 12.0 Å². The van der Waals surface area contributed by atoms with E-state index in [1.54, 1.807) is 24.3 Å². The Bertz CT molecular complexity index is 2820. The van der Waals surface area contributed by atoms with Gasteiger partial charge in [-0.2, -0.15) is 60.7 Å². The van der Waals surface area contributed by atoms with E-state index in [-0.39, 0.29) is 64.1 Å². The average molecular weight is 905 g/mol. The van der Waals surface area contributed by atoms with Crippen LogP contribution in [0.5, 0.6) is 5.75 Å². The SMILES string of the molecule is O=Cc1cc(N=Nc2cccc(S(=O)(=O)O)c2)ccc1Nc1nc(Nc2ccc(N=Nc3cccc(SOOO)c3)cc2OCCS(=O)(=O)O)nc(N2CC2S(=O)(=O)O)n1. The Hall–Kier alpha value is -6.08. The van der Waals surface area contributed by atoms with Gasteiger partial charge in [0.1, 0.15) is 18.1 Å². The van der Waals surface area contributed by atoms with E-state index in [0.29, 0.717) is 28.9 Å². The lowest BCUT2D eigenvalue weighted by Crippen LogP contribution is -2.15. The molecule has 5 aromatic rings. The van der Waals surface area contributed by atoms with Crippen LogP contribution < -0.4 is 20.3 Å². The maximum atomic E-state index is 12.2. The number of ether oxygens (including phenoxy) is 1. The van der Waals surface area contributed by atoms with Crippen molar-refractivity contribution in [3.8, 4) is 5.75 Å². The van der Waals surface area contributed by atoms with Crippen molar-refractivity contribution < 1.29 is 63.1 Å². The zero-order chi connectivity index (χ0) is 43.1. The summed E-state index contributed by atoms with van der Waals surface area (Å²) >= 11 is 0.705. The highest BCUT2D eigenvalue weighted by atomic mass is 32.2. The number of hydrogen-bond acceptors (Lipinski definition) is 22. The van der Waals surface area contributed by atoms with E-state index < -0.39 is 53.0 Å². The Morgan fingerprint density at radius 1 is 0.767 bits per heavy atom.